The molecule has 8 nitrogen and oxygen atoms in total. The minimum absolute atomic E-state index is 0.0850. The first-order chi connectivity index (χ1) is 16.0. The second-order valence-electron chi connectivity index (χ2n) is 7.69. The summed E-state index contributed by atoms with van der Waals surface area (Å²) in [4.78, 5) is 37.8. The number of hydrogen-bond donors (Lipinski definition) is 2. The Kier molecular flexibility index (Phi) is 8.21. The zero-order valence-electron chi connectivity index (χ0n) is 18.5. The fourth-order valence-corrected chi connectivity index (χ4v) is 4.02. The number of alkyl carbamates (subject to hydrolysis) is 1. The average molecular weight is 453 g/mol. The Balaban J connectivity index is 1.67. The number of nitrogens with zero attached hydrogens (tertiary/aromatic N) is 1. The topological polar surface area (TPSA) is 105 Å². The van der Waals surface area contributed by atoms with E-state index < -0.39 is 30.6 Å². The molecule has 2 aromatic rings. The van der Waals surface area contributed by atoms with E-state index in [-0.39, 0.29) is 32.1 Å². The molecule has 3 rings (SSSR count). The zero-order chi connectivity index (χ0) is 23.8. The number of ether oxygens (including phenoxy) is 2. The number of fused-ring (bicyclic) bond motifs is 3. The second kappa shape index (κ2) is 11.3. The summed E-state index contributed by atoms with van der Waals surface area (Å²) in [7, 11) is 1.46. The van der Waals surface area contributed by atoms with Crippen LogP contribution in [0.15, 0.2) is 61.2 Å². The van der Waals surface area contributed by atoms with Gasteiger partial charge in [0.1, 0.15) is 19.2 Å². The number of methoxy groups -OCH3 is 1. The third-order valence-electron chi connectivity index (χ3n) is 5.54. The molecule has 2 N–H and O–H groups in total. The molecule has 0 fully saturated rings. The van der Waals surface area contributed by atoms with E-state index >= 15 is 0 Å². The number of hydrogen-bond acceptors (Lipinski definition) is 5. The summed E-state index contributed by atoms with van der Waals surface area (Å²) in [6.45, 7) is 3.49. The van der Waals surface area contributed by atoms with Gasteiger partial charge in [0.05, 0.1) is 6.61 Å². The Hall–Kier alpha value is -3.65. The molecular weight excluding hydrogens is 424 g/mol. The molecule has 1 atom stereocenters. The highest BCUT2D eigenvalue weighted by atomic mass is 16.5. The Morgan fingerprint density at radius 3 is 2.27 bits per heavy atom. The van der Waals surface area contributed by atoms with E-state index in [2.05, 4.69) is 11.9 Å². The first-order valence-electron chi connectivity index (χ1n) is 10.7. The van der Waals surface area contributed by atoms with E-state index in [0.29, 0.717) is 0 Å². The maximum Gasteiger partial charge on any atom is 0.407 e. The van der Waals surface area contributed by atoms with Gasteiger partial charge >= 0.3 is 12.1 Å². The summed E-state index contributed by atoms with van der Waals surface area (Å²) in [6.07, 6.45) is 0.868. The first kappa shape index (κ1) is 24.0. The van der Waals surface area contributed by atoms with E-state index in [0.717, 1.165) is 27.2 Å². The fourth-order valence-electron chi connectivity index (χ4n) is 4.02. The van der Waals surface area contributed by atoms with Gasteiger partial charge in [0.2, 0.25) is 5.91 Å². The Bertz CT molecular complexity index is 976. The highest BCUT2D eigenvalue weighted by Crippen LogP contribution is 2.44. The van der Waals surface area contributed by atoms with Crippen molar-refractivity contribution in [3.8, 4) is 11.1 Å². The average Bonchev–Trinajstić information content (AvgIpc) is 3.13. The molecule has 0 aliphatic heterocycles. The van der Waals surface area contributed by atoms with E-state index in [4.69, 9.17) is 14.6 Å². The quantitative estimate of drug-likeness (QED) is 0.508. The molecule has 0 heterocycles. The van der Waals surface area contributed by atoms with Crippen LogP contribution in [0, 0.1) is 0 Å². The van der Waals surface area contributed by atoms with Crippen molar-refractivity contribution in [3.05, 3.63) is 72.3 Å². The number of nitrogens with one attached hydrogen (secondary N) is 1. The van der Waals surface area contributed by atoms with Gasteiger partial charge in [0.25, 0.3) is 0 Å². The van der Waals surface area contributed by atoms with Crippen molar-refractivity contribution >= 4 is 18.0 Å². The molecule has 2 aromatic carbocycles. The van der Waals surface area contributed by atoms with Gasteiger partial charge in [0, 0.05) is 19.6 Å². The Morgan fingerprint density at radius 1 is 1.12 bits per heavy atom. The largest absolute Gasteiger partial charge is 0.480 e. The molecule has 174 valence electrons. The van der Waals surface area contributed by atoms with Gasteiger partial charge in [-0.2, -0.15) is 0 Å². The summed E-state index contributed by atoms with van der Waals surface area (Å²) in [5, 5.41) is 11.7. The maximum absolute atomic E-state index is 12.9. The molecule has 1 aliphatic rings. The third kappa shape index (κ3) is 5.78. The lowest BCUT2D eigenvalue weighted by molar-refractivity contribution is -0.145. The van der Waals surface area contributed by atoms with Crippen LogP contribution < -0.4 is 5.32 Å². The molecule has 0 radical (unpaired) electrons. The SMILES string of the molecule is C=CCC(NC(=O)OCC1c2ccccc2-c2ccccc21)C(=O)N(CCOC)CC(=O)O. The number of carbonyl (C=O) groups excluding carboxylic acids is 2. The number of rotatable bonds is 11. The molecule has 2 amide bonds. The highest BCUT2D eigenvalue weighted by Gasteiger charge is 2.30. The maximum atomic E-state index is 12.9. The standard InChI is InChI=1S/C25H28N2O6/c1-3-8-22(24(30)27(13-14-32-2)15-23(28)29)26-25(31)33-16-21-19-11-6-4-9-17(19)18-10-5-7-12-20(18)21/h3-7,9-12,21-22H,1,8,13-16H2,2H3,(H,26,31)(H,28,29). The van der Waals surface area contributed by atoms with Crippen molar-refractivity contribution in [3.63, 3.8) is 0 Å². The molecule has 0 aromatic heterocycles. The van der Waals surface area contributed by atoms with Crippen molar-refractivity contribution in [1.29, 1.82) is 0 Å². The van der Waals surface area contributed by atoms with Crippen LogP contribution in [0.2, 0.25) is 0 Å². The monoisotopic (exact) mass is 452 g/mol. The predicted octanol–water partition coefficient (Wildman–Crippen LogP) is 3.03. The lowest BCUT2D eigenvalue weighted by atomic mass is 9.98. The van der Waals surface area contributed by atoms with Gasteiger partial charge in [-0.05, 0) is 28.7 Å². The number of benzene rings is 2. The fraction of sp³-hybridized carbons (Fsp3) is 0.320. The third-order valence-corrected chi connectivity index (χ3v) is 5.54. The van der Waals surface area contributed by atoms with Crippen molar-refractivity contribution in [2.24, 2.45) is 0 Å². The van der Waals surface area contributed by atoms with Crippen molar-refractivity contribution in [2.75, 3.05) is 33.4 Å². The number of aliphatic carboxylic acids is 1. The lowest BCUT2D eigenvalue weighted by Gasteiger charge is -2.26. The van der Waals surface area contributed by atoms with Crippen molar-refractivity contribution in [2.45, 2.75) is 18.4 Å². The second-order valence-corrected chi connectivity index (χ2v) is 7.69. The molecule has 33 heavy (non-hydrogen) atoms. The molecule has 0 spiro atoms. The van der Waals surface area contributed by atoms with Crippen LogP contribution in [0.4, 0.5) is 4.79 Å². The van der Waals surface area contributed by atoms with Gasteiger partial charge in [-0.15, -0.1) is 6.58 Å². The molecule has 1 aliphatic carbocycles. The summed E-state index contributed by atoms with van der Waals surface area (Å²) < 4.78 is 10.5. The lowest BCUT2D eigenvalue weighted by Crippen LogP contribution is -2.50. The van der Waals surface area contributed by atoms with Crippen molar-refractivity contribution < 1.29 is 29.0 Å². The number of amides is 2. The van der Waals surface area contributed by atoms with Crippen LogP contribution in [-0.2, 0) is 19.1 Å². The number of carboxylic acids is 1. The number of carbonyl (C=O) groups is 3. The number of carboxylic acid groups (broad SMARTS) is 1. The zero-order valence-corrected chi connectivity index (χ0v) is 18.5. The molecule has 1 unspecified atom stereocenters. The summed E-state index contributed by atoms with van der Waals surface area (Å²) in [6, 6.07) is 15.0. The predicted molar refractivity (Wildman–Crippen MR) is 123 cm³/mol. The van der Waals surface area contributed by atoms with E-state index in [1.807, 2.05) is 48.5 Å². The summed E-state index contributed by atoms with van der Waals surface area (Å²) in [5.41, 5.74) is 4.39. The van der Waals surface area contributed by atoms with Gasteiger partial charge < -0.3 is 24.8 Å². The van der Waals surface area contributed by atoms with E-state index in [1.165, 1.54) is 13.2 Å². The van der Waals surface area contributed by atoms with Crippen LogP contribution in [0.3, 0.4) is 0 Å². The van der Waals surface area contributed by atoms with E-state index in [9.17, 15) is 14.4 Å². The summed E-state index contributed by atoms with van der Waals surface area (Å²) >= 11 is 0. The molecular formula is C25H28N2O6. The van der Waals surface area contributed by atoms with Gasteiger partial charge in [0.15, 0.2) is 0 Å². The molecule has 0 saturated heterocycles. The van der Waals surface area contributed by atoms with Crippen LogP contribution in [0.25, 0.3) is 11.1 Å². The first-order valence-corrected chi connectivity index (χ1v) is 10.7. The van der Waals surface area contributed by atoms with Gasteiger partial charge in [-0.25, -0.2) is 4.79 Å². The van der Waals surface area contributed by atoms with Crippen LogP contribution in [0.5, 0.6) is 0 Å². The van der Waals surface area contributed by atoms with Crippen molar-refractivity contribution in [1.82, 2.24) is 10.2 Å². The smallest absolute Gasteiger partial charge is 0.407 e. The Morgan fingerprint density at radius 2 is 1.73 bits per heavy atom. The Labute approximate surface area is 192 Å². The normalized spacial score (nSPS) is 12.9. The van der Waals surface area contributed by atoms with Crippen LogP contribution in [-0.4, -0.2) is 67.4 Å². The highest BCUT2D eigenvalue weighted by molar-refractivity contribution is 5.88. The van der Waals surface area contributed by atoms with Crippen LogP contribution >= 0.6 is 0 Å². The molecule has 0 saturated carbocycles. The molecule has 0 bridgehead atoms. The van der Waals surface area contributed by atoms with E-state index in [1.54, 1.807) is 0 Å². The molecule has 8 heteroatoms. The van der Waals surface area contributed by atoms with Crippen LogP contribution in [0.1, 0.15) is 23.5 Å². The minimum Gasteiger partial charge on any atom is -0.480 e. The minimum atomic E-state index is -1.15. The van der Waals surface area contributed by atoms with Gasteiger partial charge in [-0.1, -0.05) is 54.6 Å². The van der Waals surface area contributed by atoms with Gasteiger partial charge in [-0.3, -0.25) is 9.59 Å². The summed E-state index contributed by atoms with van der Waals surface area (Å²) in [5.74, 6) is -1.80.